The number of hydrogen-bond donors (Lipinski definition) is 0. The molecule has 4 rings (SSSR count). The van der Waals surface area contributed by atoms with Crippen LogP contribution in [0.5, 0.6) is 0 Å². The number of rotatable bonds is 18. The Balaban J connectivity index is 1.37. The number of azo groups is 1. The third-order valence-corrected chi connectivity index (χ3v) is 10.1. The normalized spacial score (nSPS) is 13.3. The minimum Gasteiger partial charge on any atom is -0.464 e. The fourth-order valence-electron chi connectivity index (χ4n) is 5.89. The predicted molar refractivity (Wildman–Crippen MR) is 209 cm³/mol. The summed E-state index contributed by atoms with van der Waals surface area (Å²) in [5, 5.41) is 37.7. The molecule has 0 spiro atoms. The number of benzene rings is 2. The second-order valence-corrected chi connectivity index (χ2v) is 13.6. The third-order valence-electron chi connectivity index (χ3n) is 8.97. The summed E-state index contributed by atoms with van der Waals surface area (Å²) < 4.78 is 5.61. The molecule has 0 N–H and O–H groups in total. The van der Waals surface area contributed by atoms with Crippen LogP contribution in [0, 0.1) is 39.9 Å². The lowest BCUT2D eigenvalue weighted by molar-refractivity contribution is -0.148. The number of nitrogens with zero attached hydrogens (tertiary/aromatic N) is 7. The Morgan fingerprint density at radius 2 is 1.57 bits per heavy atom. The molecule has 0 bridgehead atoms. The Hall–Kier alpha value is -5.83. The molecule has 272 valence electrons. The second-order valence-electron chi connectivity index (χ2n) is 12.5. The highest BCUT2D eigenvalue weighted by atomic mass is 32.1. The number of carbonyl (C=O) groups excluding carboxylic acids is 2. The SMILES string of the molecule is CCCCC(CC)C(=O)OCCN(CC)c1ccc(N=Nc2ccc(-c3ccc(C=CC4=C(C#N)C(=C(C#N)C#N)N(CCCC)C4=O)s3)cc2)cc1. The molecule has 0 radical (unpaired) electrons. The first-order chi connectivity index (χ1) is 25.8. The first-order valence-corrected chi connectivity index (χ1v) is 19.0. The van der Waals surface area contributed by atoms with E-state index in [-0.39, 0.29) is 40.2 Å². The molecule has 0 saturated heterocycles. The number of anilines is 1. The molecule has 3 aromatic rings. The molecule has 1 aliphatic heterocycles. The van der Waals surface area contributed by atoms with Crippen molar-refractivity contribution >= 4 is 46.4 Å². The average molecular weight is 728 g/mol. The first-order valence-electron chi connectivity index (χ1n) is 18.1. The molecule has 0 saturated carbocycles. The molecule has 0 aliphatic carbocycles. The molecule has 1 unspecified atom stereocenters. The molecule has 10 nitrogen and oxygen atoms in total. The van der Waals surface area contributed by atoms with Crippen LogP contribution in [0.15, 0.2) is 99.4 Å². The minimum atomic E-state index is -0.387. The summed E-state index contributed by atoms with van der Waals surface area (Å²) in [5.74, 6) is -0.510. The van der Waals surface area contributed by atoms with Gasteiger partial charge in [-0.25, -0.2) is 0 Å². The molecule has 1 atom stereocenters. The number of carbonyl (C=O) groups is 2. The number of likely N-dealkylation sites (N-methyl/N-ethyl adjacent to an activating group) is 1. The molecule has 1 aromatic heterocycles. The standard InChI is InChI=1S/C42H45N7O3S/c1-5-9-11-30(7-3)42(51)52-26-25-48(8-4)35-18-16-34(17-19-35)47-46-33-14-12-31(13-15-33)39-23-21-36(53-39)20-22-37-38(29-45)40(32(27-43)28-44)49(41(37)50)24-10-6-2/h12-23,30H,5-11,24-26H2,1-4H3. The number of nitriles is 3. The van der Waals surface area contributed by atoms with Crippen molar-refractivity contribution in [1.29, 1.82) is 15.8 Å². The number of amides is 1. The van der Waals surface area contributed by atoms with Gasteiger partial charge in [-0.3, -0.25) is 9.59 Å². The molecule has 11 heteroatoms. The van der Waals surface area contributed by atoms with E-state index in [1.807, 2.05) is 92.7 Å². The molecule has 2 aromatic carbocycles. The van der Waals surface area contributed by atoms with Gasteiger partial charge >= 0.3 is 5.97 Å². The van der Waals surface area contributed by atoms with E-state index < -0.39 is 0 Å². The fraction of sp³-hybridized carbons (Fsp3) is 0.357. The Kier molecular flexibility index (Phi) is 15.3. The quantitative estimate of drug-likeness (QED) is 0.0720. The van der Waals surface area contributed by atoms with E-state index in [4.69, 9.17) is 4.74 Å². The van der Waals surface area contributed by atoms with Crippen LogP contribution < -0.4 is 4.90 Å². The fourth-order valence-corrected chi connectivity index (χ4v) is 6.80. The Labute approximate surface area is 316 Å². The van der Waals surface area contributed by atoms with E-state index in [0.29, 0.717) is 31.8 Å². The van der Waals surface area contributed by atoms with Crippen LogP contribution in [-0.4, -0.2) is 43.0 Å². The Morgan fingerprint density at radius 1 is 0.906 bits per heavy atom. The maximum atomic E-state index is 13.3. The summed E-state index contributed by atoms with van der Waals surface area (Å²) in [6.45, 7) is 10.3. The monoisotopic (exact) mass is 727 g/mol. The van der Waals surface area contributed by atoms with Gasteiger partial charge in [0.05, 0.1) is 40.7 Å². The van der Waals surface area contributed by atoms with E-state index in [0.717, 1.165) is 65.3 Å². The highest BCUT2D eigenvalue weighted by Crippen LogP contribution is 2.35. The van der Waals surface area contributed by atoms with Gasteiger partial charge < -0.3 is 14.5 Å². The van der Waals surface area contributed by atoms with Gasteiger partial charge in [0.25, 0.3) is 5.91 Å². The van der Waals surface area contributed by atoms with Crippen molar-refractivity contribution in [2.24, 2.45) is 16.1 Å². The van der Waals surface area contributed by atoms with Crippen LogP contribution in [0.25, 0.3) is 16.5 Å². The molecule has 0 fully saturated rings. The van der Waals surface area contributed by atoms with E-state index >= 15 is 0 Å². The summed E-state index contributed by atoms with van der Waals surface area (Å²) in [4.78, 5) is 31.2. The molecule has 2 heterocycles. The van der Waals surface area contributed by atoms with Gasteiger partial charge in [0, 0.05) is 28.5 Å². The Morgan fingerprint density at radius 3 is 2.15 bits per heavy atom. The second kappa shape index (κ2) is 20.3. The van der Waals surface area contributed by atoms with Gasteiger partial charge in [-0.15, -0.1) is 11.3 Å². The van der Waals surface area contributed by atoms with Gasteiger partial charge in [0.1, 0.15) is 24.8 Å². The number of esters is 1. The summed E-state index contributed by atoms with van der Waals surface area (Å²) in [6.07, 6.45) is 8.65. The molecule has 53 heavy (non-hydrogen) atoms. The zero-order valence-corrected chi connectivity index (χ0v) is 31.7. The smallest absolute Gasteiger partial charge is 0.308 e. The zero-order valence-electron chi connectivity index (χ0n) is 30.8. The van der Waals surface area contributed by atoms with Crippen molar-refractivity contribution in [3.8, 4) is 28.6 Å². The lowest BCUT2D eigenvalue weighted by Crippen LogP contribution is -2.29. The summed E-state index contributed by atoms with van der Waals surface area (Å²) in [6, 6.07) is 25.2. The predicted octanol–water partition coefficient (Wildman–Crippen LogP) is 10.2. The number of ether oxygens (including phenoxy) is 1. The summed E-state index contributed by atoms with van der Waals surface area (Å²) >= 11 is 1.53. The number of allylic oxidation sites excluding steroid dienone is 2. The van der Waals surface area contributed by atoms with Crippen LogP contribution in [0.3, 0.4) is 0 Å². The lowest BCUT2D eigenvalue weighted by atomic mass is 10.00. The molecule has 1 amide bonds. The van der Waals surface area contributed by atoms with Crippen LogP contribution >= 0.6 is 11.3 Å². The van der Waals surface area contributed by atoms with E-state index in [1.54, 1.807) is 12.2 Å². The summed E-state index contributed by atoms with van der Waals surface area (Å²) in [7, 11) is 0. The van der Waals surface area contributed by atoms with Crippen LogP contribution in [0.1, 0.15) is 71.1 Å². The van der Waals surface area contributed by atoms with E-state index in [9.17, 15) is 25.4 Å². The third kappa shape index (κ3) is 10.4. The van der Waals surface area contributed by atoms with Crippen molar-refractivity contribution in [3.63, 3.8) is 0 Å². The number of thiophene rings is 1. The largest absolute Gasteiger partial charge is 0.464 e. The number of unbranched alkanes of at least 4 members (excludes halogenated alkanes) is 2. The zero-order chi connectivity index (χ0) is 38.2. The van der Waals surface area contributed by atoms with Crippen LogP contribution in [0.4, 0.5) is 17.1 Å². The highest BCUT2D eigenvalue weighted by Gasteiger charge is 2.36. The van der Waals surface area contributed by atoms with Gasteiger partial charge in [0.2, 0.25) is 0 Å². The molecule has 1 aliphatic rings. The Bertz CT molecular complexity index is 1970. The van der Waals surface area contributed by atoms with Crippen molar-refractivity contribution in [1.82, 2.24) is 4.90 Å². The first kappa shape index (κ1) is 39.9. The maximum absolute atomic E-state index is 13.3. The number of hydrogen-bond acceptors (Lipinski definition) is 10. The van der Waals surface area contributed by atoms with Crippen molar-refractivity contribution in [2.75, 3.05) is 31.1 Å². The van der Waals surface area contributed by atoms with Crippen LogP contribution in [-0.2, 0) is 14.3 Å². The van der Waals surface area contributed by atoms with Gasteiger partial charge in [-0.2, -0.15) is 26.0 Å². The average Bonchev–Trinajstić information content (AvgIpc) is 3.77. The molecular weight excluding hydrogens is 683 g/mol. The highest BCUT2D eigenvalue weighted by molar-refractivity contribution is 7.16. The molecular formula is C42H45N7O3S. The summed E-state index contributed by atoms with van der Waals surface area (Å²) in [5.41, 5.74) is 3.50. The van der Waals surface area contributed by atoms with E-state index in [1.165, 1.54) is 16.2 Å². The van der Waals surface area contributed by atoms with Crippen LogP contribution in [0.2, 0.25) is 0 Å². The maximum Gasteiger partial charge on any atom is 0.308 e. The minimum absolute atomic E-state index is 0.0237. The van der Waals surface area contributed by atoms with E-state index in [2.05, 4.69) is 29.0 Å². The van der Waals surface area contributed by atoms with Crippen molar-refractivity contribution < 1.29 is 14.3 Å². The van der Waals surface area contributed by atoms with Gasteiger partial charge in [-0.1, -0.05) is 52.2 Å². The van der Waals surface area contributed by atoms with Crippen molar-refractivity contribution in [2.45, 2.75) is 66.2 Å². The van der Waals surface area contributed by atoms with Gasteiger partial charge in [-0.05, 0) is 92.4 Å². The topological polar surface area (TPSA) is 146 Å². The van der Waals surface area contributed by atoms with Crippen molar-refractivity contribution in [3.05, 3.63) is 94.0 Å². The van der Waals surface area contributed by atoms with Gasteiger partial charge in [0.15, 0.2) is 5.57 Å². The lowest BCUT2D eigenvalue weighted by Gasteiger charge is -2.23.